The molecule has 6 nitrogen and oxygen atoms in total. The molecule has 1 aliphatic rings. The predicted octanol–water partition coefficient (Wildman–Crippen LogP) is 4.35. The van der Waals surface area contributed by atoms with Crippen LogP contribution in [-0.4, -0.2) is 70.0 Å². The summed E-state index contributed by atoms with van der Waals surface area (Å²) in [4.78, 5) is 28.8. The van der Waals surface area contributed by atoms with E-state index in [1.807, 2.05) is 69.3 Å². The fraction of sp³-hybridized carbons (Fsp3) is 0.542. The predicted molar refractivity (Wildman–Crippen MR) is 130 cm³/mol. The van der Waals surface area contributed by atoms with E-state index in [0.717, 1.165) is 43.3 Å². The number of benzene rings is 1. The van der Waals surface area contributed by atoms with Gasteiger partial charge < -0.3 is 9.80 Å². The third-order valence-electron chi connectivity index (χ3n) is 5.78. The second-order valence-electron chi connectivity index (χ2n) is 8.85. The zero-order valence-electron chi connectivity index (χ0n) is 19.6. The van der Waals surface area contributed by atoms with E-state index in [-0.39, 0.29) is 30.4 Å². The summed E-state index contributed by atoms with van der Waals surface area (Å²) in [5, 5.41) is 0. The van der Waals surface area contributed by atoms with E-state index >= 15 is 0 Å². The summed E-state index contributed by atoms with van der Waals surface area (Å²) in [6.45, 7) is 16.7. The Hall–Kier alpha value is -2.18. The van der Waals surface area contributed by atoms with E-state index < -0.39 is 0 Å². The summed E-state index contributed by atoms with van der Waals surface area (Å²) in [6.07, 6.45) is 3.69. The Morgan fingerprint density at radius 1 is 0.871 bits per heavy atom. The van der Waals surface area contributed by atoms with Gasteiger partial charge in [-0.1, -0.05) is 12.1 Å². The number of hydrogen-bond donors (Lipinski definition) is 0. The van der Waals surface area contributed by atoms with Gasteiger partial charge in [-0.15, -0.1) is 12.4 Å². The highest BCUT2D eigenvalue weighted by atomic mass is 35.5. The Labute approximate surface area is 193 Å². The van der Waals surface area contributed by atoms with Crippen molar-refractivity contribution in [1.29, 1.82) is 0 Å². The molecule has 0 atom stereocenters. The third-order valence-corrected chi connectivity index (χ3v) is 5.78. The second-order valence-corrected chi connectivity index (χ2v) is 8.85. The molecule has 7 heteroatoms. The van der Waals surface area contributed by atoms with E-state index in [9.17, 15) is 4.79 Å². The van der Waals surface area contributed by atoms with Crippen molar-refractivity contribution in [2.45, 2.75) is 59.7 Å². The number of rotatable bonds is 6. The van der Waals surface area contributed by atoms with Crippen LogP contribution in [0.5, 0.6) is 0 Å². The first-order valence-corrected chi connectivity index (χ1v) is 11.0. The van der Waals surface area contributed by atoms with E-state index in [4.69, 9.17) is 0 Å². The van der Waals surface area contributed by atoms with Crippen LogP contribution in [0.15, 0.2) is 36.7 Å². The molecule has 0 N–H and O–H groups in total. The second kappa shape index (κ2) is 10.9. The van der Waals surface area contributed by atoms with Gasteiger partial charge in [0.15, 0.2) is 0 Å². The highest BCUT2D eigenvalue weighted by Crippen LogP contribution is 2.21. The Morgan fingerprint density at radius 2 is 1.45 bits per heavy atom. The molecule has 31 heavy (non-hydrogen) atoms. The maximum atomic E-state index is 12.8. The first-order valence-electron chi connectivity index (χ1n) is 11.0. The first-order chi connectivity index (χ1) is 14.3. The van der Waals surface area contributed by atoms with Crippen LogP contribution < -0.4 is 4.90 Å². The molecule has 1 amide bonds. The molecule has 0 spiro atoms. The van der Waals surface area contributed by atoms with Gasteiger partial charge in [0, 0.05) is 55.4 Å². The lowest BCUT2D eigenvalue weighted by atomic mass is 10.1. The fourth-order valence-corrected chi connectivity index (χ4v) is 4.10. The third kappa shape index (κ3) is 5.95. The van der Waals surface area contributed by atoms with Gasteiger partial charge in [-0.05, 0) is 53.7 Å². The highest BCUT2D eigenvalue weighted by molar-refractivity contribution is 5.95. The molecule has 0 bridgehead atoms. The van der Waals surface area contributed by atoms with Crippen molar-refractivity contribution in [2.24, 2.45) is 0 Å². The standard InChI is InChI=1S/C24H35N5O.ClH/c1-17(2)27-11-13-28(14-12-27)23-16-25-22(15-26-23)20-7-9-21(10-8-20)24(30)29(18(3)4)19(5)6;/h7-10,15-19H,11-14H2,1-6H3;1H. The van der Waals surface area contributed by atoms with E-state index in [0.29, 0.717) is 11.6 Å². The van der Waals surface area contributed by atoms with Gasteiger partial charge in [0.2, 0.25) is 0 Å². The van der Waals surface area contributed by atoms with Crippen LogP contribution in [0.1, 0.15) is 51.9 Å². The summed E-state index contributed by atoms with van der Waals surface area (Å²) < 4.78 is 0. The van der Waals surface area contributed by atoms with Crippen molar-refractivity contribution in [3.63, 3.8) is 0 Å². The molecule has 1 aliphatic heterocycles. The number of halogens is 1. The molecule has 3 rings (SSSR count). The van der Waals surface area contributed by atoms with Gasteiger partial charge in [-0.2, -0.15) is 0 Å². The topological polar surface area (TPSA) is 52.6 Å². The highest BCUT2D eigenvalue weighted by Gasteiger charge is 2.22. The van der Waals surface area contributed by atoms with Crippen molar-refractivity contribution in [3.05, 3.63) is 42.2 Å². The largest absolute Gasteiger partial charge is 0.353 e. The molecule has 1 aromatic heterocycles. The summed E-state index contributed by atoms with van der Waals surface area (Å²) in [7, 11) is 0. The minimum Gasteiger partial charge on any atom is -0.353 e. The average Bonchev–Trinajstić information content (AvgIpc) is 2.73. The van der Waals surface area contributed by atoms with Crippen molar-refractivity contribution in [2.75, 3.05) is 31.1 Å². The maximum absolute atomic E-state index is 12.8. The minimum absolute atomic E-state index is 0. The van der Waals surface area contributed by atoms with Crippen LogP contribution in [0.2, 0.25) is 0 Å². The number of piperazine rings is 1. The SMILES string of the molecule is CC(C)N1CCN(c2cnc(-c3ccc(C(=O)N(C(C)C)C(C)C)cc3)cn2)CC1.Cl. The van der Waals surface area contributed by atoms with Crippen molar-refractivity contribution >= 4 is 24.1 Å². The molecule has 0 unspecified atom stereocenters. The molecule has 0 aliphatic carbocycles. The van der Waals surface area contributed by atoms with Crippen LogP contribution in [0, 0.1) is 0 Å². The van der Waals surface area contributed by atoms with Gasteiger partial charge in [-0.3, -0.25) is 14.7 Å². The Bertz CT molecular complexity index is 820. The van der Waals surface area contributed by atoms with Gasteiger partial charge in [0.05, 0.1) is 18.1 Å². The monoisotopic (exact) mass is 445 g/mol. The molecular formula is C24H36ClN5O. The van der Waals surface area contributed by atoms with Gasteiger partial charge in [0.25, 0.3) is 5.91 Å². The molecule has 1 saturated heterocycles. The van der Waals surface area contributed by atoms with Crippen LogP contribution in [0.25, 0.3) is 11.3 Å². The van der Waals surface area contributed by atoms with Crippen molar-refractivity contribution in [1.82, 2.24) is 19.8 Å². The number of aromatic nitrogens is 2. The number of nitrogens with zero attached hydrogens (tertiary/aromatic N) is 5. The first kappa shape index (κ1) is 25.1. The Morgan fingerprint density at radius 3 is 1.90 bits per heavy atom. The molecule has 0 saturated carbocycles. The van der Waals surface area contributed by atoms with Gasteiger partial charge in [0.1, 0.15) is 5.82 Å². The smallest absolute Gasteiger partial charge is 0.254 e. The van der Waals surface area contributed by atoms with E-state index in [1.54, 1.807) is 0 Å². The molecule has 0 radical (unpaired) electrons. The lowest BCUT2D eigenvalue weighted by molar-refractivity contribution is 0.0644. The minimum atomic E-state index is 0. The molecule has 170 valence electrons. The summed E-state index contributed by atoms with van der Waals surface area (Å²) in [6, 6.07) is 8.60. The van der Waals surface area contributed by atoms with Crippen LogP contribution in [0.4, 0.5) is 5.82 Å². The lowest BCUT2D eigenvalue weighted by Gasteiger charge is -2.37. The Balaban J connectivity index is 0.00000341. The molecule has 2 heterocycles. The zero-order chi connectivity index (χ0) is 21.8. The summed E-state index contributed by atoms with van der Waals surface area (Å²) >= 11 is 0. The van der Waals surface area contributed by atoms with Crippen molar-refractivity contribution in [3.8, 4) is 11.3 Å². The van der Waals surface area contributed by atoms with Gasteiger partial charge >= 0.3 is 0 Å². The number of anilines is 1. The normalized spacial score (nSPS) is 14.8. The van der Waals surface area contributed by atoms with E-state index in [2.05, 4.69) is 33.6 Å². The van der Waals surface area contributed by atoms with Crippen LogP contribution in [0.3, 0.4) is 0 Å². The number of amides is 1. The Kier molecular flexibility index (Phi) is 8.83. The summed E-state index contributed by atoms with van der Waals surface area (Å²) in [5.74, 6) is 0.993. The molecule has 2 aromatic rings. The summed E-state index contributed by atoms with van der Waals surface area (Å²) in [5.41, 5.74) is 2.49. The van der Waals surface area contributed by atoms with Crippen molar-refractivity contribution < 1.29 is 4.79 Å². The molecular weight excluding hydrogens is 410 g/mol. The lowest BCUT2D eigenvalue weighted by Crippen LogP contribution is -2.49. The maximum Gasteiger partial charge on any atom is 0.254 e. The van der Waals surface area contributed by atoms with E-state index in [1.165, 1.54) is 0 Å². The molecule has 1 fully saturated rings. The van der Waals surface area contributed by atoms with Crippen LogP contribution in [-0.2, 0) is 0 Å². The fourth-order valence-electron chi connectivity index (χ4n) is 4.10. The quantitative estimate of drug-likeness (QED) is 0.661. The van der Waals surface area contributed by atoms with Crippen LogP contribution >= 0.6 is 12.4 Å². The average molecular weight is 446 g/mol. The molecule has 1 aromatic carbocycles. The number of carbonyl (C=O) groups is 1. The number of hydrogen-bond acceptors (Lipinski definition) is 5. The zero-order valence-corrected chi connectivity index (χ0v) is 20.4. The number of carbonyl (C=O) groups excluding carboxylic acids is 1. The van der Waals surface area contributed by atoms with Gasteiger partial charge in [-0.25, -0.2) is 4.98 Å².